The third-order valence-electron chi connectivity index (χ3n) is 5.58. The number of carbonyl (C=O) groups excluding carboxylic acids is 3. The predicted octanol–water partition coefficient (Wildman–Crippen LogP) is 4.51. The molecule has 1 aromatic heterocycles. The summed E-state index contributed by atoms with van der Waals surface area (Å²) >= 11 is 5.73. The fraction of sp³-hybridized carbons (Fsp3) is 0.261. The lowest BCUT2D eigenvalue weighted by atomic mass is 10.1. The number of amides is 2. The first-order valence-corrected chi connectivity index (χ1v) is 10.5. The van der Waals surface area contributed by atoms with Crippen molar-refractivity contribution >= 4 is 45.9 Å². The number of rotatable bonds is 4. The van der Waals surface area contributed by atoms with E-state index in [2.05, 4.69) is 5.32 Å². The largest absolute Gasteiger partial charge is 0.324 e. The summed E-state index contributed by atoms with van der Waals surface area (Å²) in [6.45, 7) is 0.395. The van der Waals surface area contributed by atoms with Gasteiger partial charge in [0.1, 0.15) is 11.9 Å². The third-order valence-corrected chi connectivity index (χ3v) is 5.87. The zero-order chi connectivity index (χ0) is 23.9. The lowest BCUT2D eigenvalue weighted by Gasteiger charge is -2.23. The first kappa shape index (κ1) is 22.8. The number of benzene rings is 2. The van der Waals surface area contributed by atoms with Gasteiger partial charge in [0.15, 0.2) is 0 Å². The number of hydrogen-bond acceptors (Lipinski definition) is 3. The van der Waals surface area contributed by atoms with Crippen molar-refractivity contribution in [3.05, 3.63) is 65.1 Å². The molecule has 6 nitrogen and oxygen atoms in total. The Labute approximate surface area is 191 Å². The first-order valence-electron chi connectivity index (χ1n) is 10.1. The summed E-state index contributed by atoms with van der Waals surface area (Å²) in [5, 5.41) is 2.93. The van der Waals surface area contributed by atoms with Crippen molar-refractivity contribution < 1.29 is 27.6 Å². The van der Waals surface area contributed by atoms with E-state index in [0.29, 0.717) is 10.9 Å². The topological polar surface area (TPSA) is 71.4 Å². The number of hydrogen-bond donors (Lipinski definition) is 1. The Morgan fingerprint density at radius 1 is 1.15 bits per heavy atom. The van der Waals surface area contributed by atoms with Crippen LogP contribution in [0.15, 0.2) is 48.7 Å². The summed E-state index contributed by atoms with van der Waals surface area (Å²) < 4.78 is 44.0. The van der Waals surface area contributed by atoms with Gasteiger partial charge in [0.2, 0.25) is 17.7 Å². The summed E-state index contributed by atoms with van der Waals surface area (Å²) in [6.07, 6.45) is 0.0232. The van der Waals surface area contributed by atoms with Crippen LogP contribution in [0.25, 0.3) is 10.9 Å². The molecular formula is C23H19ClF3N3O3. The first-order chi connectivity index (χ1) is 15.6. The lowest BCUT2D eigenvalue weighted by molar-refractivity contribution is -0.136. The molecule has 0 aliphatic carbocycles. The monoisotopic (exact) mass is 477 g/mol. The molecule has 172 valence electrons. The minimum atomic E-state index is -3.28. The van der Waals surface area contributed by atoms with Gasteiger partial charge in [0, 0.05) is 24.9 Å². The van der Waals surface area contributed by atoms with Crippen LogP contribution in [0.5, 0.6) is 0 Å². The molecule has 2 heterocycles. The molecule has 1 atom stereocenters. The second-order valence-electron chi connectivity index (χ2n) is 7.93. The SMILES string of the molecule is CC(=O)n1cc(NC(=O)[C@H]2CC(F)(F)CN2C(=O)Cc2cccc(Cl)c2F)c2ccccc21. The molecule has 0 saturated carbocycles. The molecular weight excluding hydrogens is 459 g/mol. The highest BCUT2D eigenvalue weighted by molar-refractivity contribution is 6.30. The van der Waals surface area contributed by atoms with Crippen LogP contribution >= 0.6 is 11.6 Å². The van der Waals surface area contributed by atoms with Crippen LogP contribution in [0.1, 0.15) is 23.7 Å². The van der Waals surface area contributed by atoms with Gasteiger partial charge in [-0.1, -0.05) is 41.9 Å². The molecule has 4 rings (SSSR count). The number of likely N-dealkylation sites (tertiary alicyclic amines) is 1. The Morgan fingerprint density at radius 2 is 1.88 bits per heavy atom. The van der Waals surface area contributed by atoms with Gasteiger partial charge in [-0.15, -0.1) is 0 Å². The summed E-state index contributed by atoms with van der Waals surface area (Å²) in [7, 11) is 0. The molecule has 0 radical (unpaired) electrons. The normalized spacial score (nSPS) is 17.4. The van der Waals surface area contributed by atoms with Crippen LogP contribution in [-0.2, 0) is 16.0 Å². The fourth-order valence-corrected chi connectivity index (χ4v) is 4.21. The van der Waals surface area contributed by atoms with Crippen molar-refractivity contribution in [2.75, 3.05) is 11.9 Å². The molecule has 0 unspecified atom stereocenters. The molecule has 2 aromatic carbocycles. The number of aromatic nitrogens is 1. The molecule has 0 bridgehead atoms. The fourth-order valence-electron chi connectivity index (χ4n) is 4.02. The van der Waals surface area contributed by atoms with Crippen LogP contribution in [0.2, 0.25) is 5.02 Å². The van der Waals surface area contributed by atoms with Gasteiger partial charge in [-0.25, -0.2) is 13.2 Å². The molecule has 1 saturated heterocycles. The second-order valence-corrected chi connectivity index (χ2v) is 8.33. The Morgan fingerprint density at radius 3 is 2.61 bits per heavy atom. The molecule has 1 aliphatic rings. The van der Waals surface area contributed by atoms with Crippen LogP contribution in [0.4, 0.5) is 18.9 Å². The molecule has 3 aromatic rings. The van der Waals surface area contributed by atoms with Gasteiger partial charge in [-0.05, 0) is 17.7 Å². The van der Waals surface area contributed by atoms with Gasteiger partial charge >= 0.3 is 0 Å². The molecule has 10 heteroatoms. The molecule has 2 amide bonds. The highest BCUT2D eigenvalue weighted by atomic mass is 35.5. The van der Waals surface area contributed by atoms with Crippen molar-refractivity contribution in [1.82, 2.24) is 9.47 Å². The quantitative estimate of drug-likeness (QED) is 0.601. The average Bonchev–Trinajstić information content (AvgIpc) is 3.29. The smallest absolute Gasteiger partial charge is 0.267 e. The zero-order valence-corrected chi connectivity index (χ0v) is 18.2. The van der Waals surface area contributed by atoms with Crippen molar-refractivity contribution in [3.63, 3.8) is 0 Å². The van der Waals surface area contributed by atoms with E-state index in [1.165, 1.54) is 35.9 Å². The van der Waals surface area contributed by atoms with Gasteiger partial charge in [0.05, 0.1) is 29.2 Å². The van der Waals surface area contributed by atoms with Gasteiger partial charge < -0.3 is 10.2 Å². The van der Waals surface area contributed by atoms with Crippen LogP contribution in [-0.4, -0.2) is 45.7 Å². The number of anilines is 1. The van der Waals surface area contributed by atoms with E-state index in [4.69, 9.17) is 11.6 Å². The number of nitrogens with one attached hydrogen (secondary N) is 1. The molecule has 0 spiro atoms. The maximum absolute atomic E-state index is 14.2. The van der Waals surface area contributed by atoms with Crippen molar-refractivity contribution in [2.45, 2.75) is 31.7 Å². The third kappa shape index (κ3) is 4.45. The van der Waals surface area contributed by atoms with Crippen molar-refractivity contribution in [3.8, 4) is 0 Å². The van der Waals surface area contributed by atoms with Crippen LogP contribution in [0.3, 0.4) is 0 Å². The lowest BCUT2D eigenvalue weighted by Crippen LogP contribution is -2.44. The average molecular weight is 478 g/mol. The highest BCUT2D eigenvalue weighted by Gasteiger charge is 2.50. The van der Waals surface area contributed by atoms with E-state index >= 15 is 0 Å². The van der Waals surface area contributed by atoms with Gasteiger partial charge in [-0.2, -0.15) is 0 Å². The van der Waals surface area contributed by atoms with Crippen molar-refractivity contribution in [2.24, 2.45) is 0 Å². The number of nitrogens with zero attached hydrogens (tertiary/aromatic N) is 2. The van der Waals surface area contributed by atoms with Gasteiger partial charge in [-0.3, -0.25) is 19.0 Å². The van der Waals surface area contributed by atoms with Gasteiger partial charge in [0.25, 0.3) is 5.92 Å². The minimum Gasteiger partial charge on any atom is -0.324 e. The number of alkyl halides is 2. The Hall–Kier alpha value is -3.33. The highest BCUT2D eigenvalue weighted by Crippen LogP contribution is 2.34. The number of carbonyl (C=O) groups is 3. The summed E-state index contributed by atoms with van der Waals surface area (Å²) in [5.41, 5.74) is 0.752. The summed E-state index contributed by atoms with van der Waals surface area (Å²) in [5.74, 6) is -6.02. The van der Waals surface area contributed by atoms with E-state index in [9.17, 15) is 27.6 Å². The van der Waals surface area contributed by atoms with E-state index in [0.717, 1.165) is 4.90 Å². The standard InChI is InChI=1S/C23H19ClF3N3O3/c1-13(31)29-11-17(15-6-2-3-8-18(15)29)28-22(33)19-10-23(26,27)12-30(19)20(32)9-14-5-4-7-16(24)21(14)25/h2-8,11,19H,9-10,12H2,1H3,(H,28,33)/t19-/m1/s1. The molecule has 1 fully saturated rings. The summed E-state index contributed by atoms with van der Waals surface area (Å²) in [6, 6.07) is 9.42. The molecule has 1 aliphatic heterocycles. The molecule has 33 heavy (non-hydrogen) atoms. The zero-order valence-electron chi connectivity index (χ0n) is 17.4. The van der Waals surface area contributed by atoms with E-state index < -0.39 is 49.0 Å². The van der Waals surface area contributed by atoms with E-state index in [1.54, 1.807) is 24.3 Å². The molecule has 1 N–H and O–H groups in total. The predicted molar refractivity (Wildman–Crippen MR) is 117 cm³/mol. The maximum atomic E-state index is 14.2. The van der Waals surface area contributed by atoms with Crippen LogP contribution < -0.4 is 5.32 Å². The Bertz CT molecular complexity index is 1270. The number of halogens is 4. The maximum Gasteiger partial charge on any atom is 0.267 e. The number of fused-ring (bicyclic) bond motifs is 1. The Kier molecular flexibility index (Phi) is 5.92. The van der Waals surface area contributed by atoms with E-state index in [1.807, 2.05) is 0 Å². The summed E-state index contributed by atoms with van der Waals surface area (Å²) in [4.78, 5) is 38.5. The minimum absolute atomic E-state index is 0.0496. The number of para-hydroxylation sites is 1. The van der Waals surface area contributed by atoms with Crippen LogP contribution in [0, 0.1) is 5.82 Å². The van der Waals surface area contributed by atoms with Crippen molar-refractivity contribution in [1.29, 1.82) is 0 Å². The second kappa shape index (κ2) is 8.55. The van der Waals surface area contributed by atoms with E-state index in [-0.39, 0.29) is 22.2 Å². The Balaban J connectivity index is 1.60.